The second-order valence-electron chi connectivity index (χ2n) is 5.35. The molecule has 1 N–H and O–H groups in total. The van der Waals surface area contributed by atoms with E-state index in [1.807, 2.05) is 11.9 Å². The third kappa shape index (κ3) is 4.70. The molecule has 2 rings (SSSR count). The number of benzene rings is 1. The van der Waals surface area contributed by atoms with Crippen LogP contribution < -0.4 is 10.1 Å². The summed E-state index contributed by atoms with van der Waals surface area (Å²) in [5, 5.41) is 3.14. The molecule has 0 spiro atoms. The maximum atomic E-state index is 12.7. The smallest absolute Gasteiger partial charge is 0.222 e. The summed E-state index contributed by atoms with van der Waals surface area (Å²) in [6.07, 6.45) is 3.35. The molecule has 1 atom stereocenters. The number of amides is 1. The third-order valence-corrected chi connectivity index (χ3v) is 3.75. The molecule has 1 amide bonds. The molecule has 1 fully saturated rings. The first-order chi connectivity index (χ1) is 10.2. The average Bonchev–Trinajstić information content (AvgIpc) is 2.94. The van der Waals surface area contributed by atoms with Crippen molar-refractivity contribution >= 4 is 5.91 Å². The number of carbonyl (C=O) groups excluding carboxylic acids is 1. The van der Waals surface area contributed by atoms with E-state index in [0.29, 0.717) is 31.2 Å². The number of likely N-dealkylation sites (N-methyl/N-ethyl adjacent to an activating group) is 1. The summed E-state index contributed by atoms with van der Waals surface area (Å²) in [6, 6.07) is 6.27. The van der Waals surface area contributed by atoms with E-state index in [0.717, 1.165) is 25.9 Å². The Morgan fingerprint density at radius 2 is 2.19 bits per heavy atom. The van der Waals surface area contributed by atoms with Gasteiger partial charge in [-0.1, -0.05) is 0 Å². The summed E-state index contributed by atoms with van der Waals surface area (Å²) in [6.45, 7) is 2.20. The van der Waals surface area contributed by atoms with Crippen LogP contribution in [0.1, 0.15) is 25.7 Å². The predicted molar refractivity (Wildman–Crippen MR) is 79.8 cm³/mol. The zero-order valence-electron chi connectivity index (χ0n) is 12.5. The van der Waals surface area contributed by atoms with Crippen LogP contribution >= 0.6 is 0 Å². The first kappa shape index (κ1) is 15.8. The van der Waals surface area contributed by atoms with E-state index in [4.69, 9.17) is 4.74 Å². The molecule has 1 aromatic rings. The van der Waals surface area contributed by atoms with Gasteiger partial charge in [-0.15, -0.1) is 0 Å². The van der Waals surface area contributed by atoms with E-state index in [1.54, 1.807) is 12.1 Å². The summed E-state index contributed by atoms with van der Waals surface area (Å²) in [4.78, 5) is 14.2. The highest BCUT2D eigenvalue weighted by atomic mass is 19.1. The molecule has 0 radical (unpaired) electrons. The minimum Gasteiger partial charge on any atom is -0.494 e. The van der Waals surface area contributed by atoms with E-state index in [2.05, 4.69) is 5.32 Å². The van der Waals surface area contributed by atoms with Gasteiger partial charge >= 0.3 is 0 Å². The summed E-state index contributed by atoms with van der Waals surface area (Å²) in [5.74, 6) is 0.565. The van der Waals surface area contributed by atoms with Crippen molar-refractivity contribution in [3.63, 3.8) is 0 Å². The maximum absolute atomic E-state index is 12.7. The molecular formula is C16H23FN2O2. The summed E-state index contributed by atoms with van der Waals surface area (Å²) >= 11 is 0. The van der Waals surface area contributed by atoms with E-state index in [9.17, 15) is 9.18 Å². The first-order valence-electron chi connectivity index (χ1n) is 7.53. The lowest BCUT2D eigenvalue weighted by Crippen LogP contribution is -2.40. The monoisotopic (exact) mass is 294 g/mol. The molecule has 5 heteroatoms. The van der Waals surface area contributed by atoms with Crippen molar-refractivity contribution in [3.8, 4) is 5.75 Å². The van der Waals surface area contributed by atoms with Crippen LogP contribution in [0.4, 0.5) is 4.39 Å². The normalized spacial score (nSPS) is 18.0. The second kappa shape index (κ2) is 7.98. The highest BCUT2D eigenvalue weighted by Gasteiger charge is 2.27. The van der Waals surface area contributed by atoms with Gasteiger partial charge in [0.05, 0.1) is 6.61 Å². The number of rotatable bonds is 7. The number of hydrogen-bond donors (Lipinski definition) is 1. The Morgan fingerprint density at radius 1 is 1.43 bits per heavy atom. The van der Waals surface area contributed by atoms with Crippen LogP contribution in [0.5, 0.6) is 5.75 Å². The van der Waals surface area contributed by atoms with Crippen molar-refractivity contribution in [1.29, 1.82) is 0 Å². The molecule has 1 heterocycles. The number of hydrogen-bond acceptors (Lipinski definition) is 3. The molecule has 0 bridgehead atoms. The van der Waals surface area contributed by atoms with Gasteiger partial charge in [-0.25, -0.2) is 4.39 Å². The minimum absolute atomic E-state index is 0.204. The van der Waals surface area contributed by atoms with Crippen LogP contribution in [0, 0.1) is 5.82 Å². The fraction of sp³-hybridized carbons (Fsp3) is 0.562. The van der Waals surface area contributed by atoms with Gasteiger partial charge in [0.2, 0.25) is 5.91 Å². The highest BCUT2D eigenvalue weighted by molar-refractivity contribution is 5.76. The van der Waals surface area contributed by atoms with Crippen molar-refractivity contribution in [3.05, 3.63) is 30.1 Å². The predicted octanol–water partition coefficient (Wildman–Crippen LogP) is 2.20. The zero-order chi connectivity index (χ0) is 15.1. The number of ether oxygens (including phenoxy) is 1. The largest absolute Gasteiger partial charge is 0.494 e. The third-order valence-electron chi connectivity index (χ3n) is 3.75. The van der Waals surface area contributed by atoms with E-state index in [-0.39, 0.29) is 11.7 Å². The molecule has 1 aliphatic rings. The lowest BCUT2D eigenvalue weighted by atomic mass is 10.2. The van der Waals surface area contributed by atoms with Crippen molar-refractivity contribution < 1.29 is 13.9 Å². The SMILES string of the molecule is CNCC1CCCN1C(=O)CCCOc1ccc(F)cc1. The molecule has 4 nitrogen and oxygen atoms in total. The van der Waals surface area contributed by atoms with Crippen LogP contribution in [-0.2, 0) is 4.79 Å². The van der Waals surface area contributed by atoms with Crippen LogP contribution in [0.25, 0.3) is 0 Å². The Hall–Kier alpha value is -1.62. The second-order valence-corrected chi connectivity index (χ2v) is 5.35. The van der Waals surface area contributed by atoms with Crippen LogP contribution in [0.15, 0.2) is 24.3 Å². The van der Waals surface area contributed by atoms with Gasteiger partial charge in [0.25, 0.3) is 0 Å². The van der Waals surface area contributed by atoms with Gasteiger partial charge in [-0.2, -0.15) is 0 Å². The quantitative estimate of drug-likeness (QED) is 0.784. The molecule has 116 valence electrons. The van der Waals surface area contributed by atoms with Crippen LogP contribution in [0.3, 0.4) is 0 Å². The van der Waals surface area contributed by atoms with Crippen molar-refractivity contribution in [2.45, 2.75) is 31.7 Å². The fourth-order valence-electron chi connectivity index (χ4n) is 2.70. The Labute approximate surface area is 125 Å². The fourth-order valence-corrected chi connectivity index (χ4v) is 2.70. The molecular weight excluding hydrogens is 271 g/mol. The Morgan fingerprint density at radius 3 is 2.90 bits per heavy atom. The maximum Gasteiger partial charge on any atom is 0.222 e. The van der Waals surface area contributed by atoms with E-state index >= 15 is 0 Å². The lowest BCUT2D eigenvalue weighted by Gasteiger charge is -2.24. The van der Waals surface area contributed by atoms with Gasteiger partial charge in [0, 0.05) is 25.6 Å². The summed E-state index contributed by atoms with van der Waals surface area (Å²) in [5.41, 5.74) is 0. The number of carbonyl (C=O) groups is 1. The topological polar surface area (TPSA) is 41.6 Å². The Balaban J connectivity index is 1.68. The number of nitrogens with one attached hydrogen (secondary N) is 1. The molecule has 1 aromatic carbocycles. The van der Waals surface area contributed by atoms with Crippen LogP contribution in [-0.4, -0.2) is 43.6 Å². The molecule has 0 aromatic heterocycles. The molecule has 1 saturated heterocycles. The molecule has 1 unspecified atom stereocenters. The van der Waals surface area contributed by atoms with Crippen molar-refractivity contribution in [1.82, 2.24) is 10.2 Å². The molecule has 0 aliphatic carbocycles. The van der Waals surface area contributed by atoms with Gasteiger partial charge in [0.1, 0.15) is 11.6 Å². The van der Waals surface area contributed by atoms with Gasteiger partial charge < -0.3 is 15.0 Å². The minimum atomic E-state index is -0.276. The lowest BCUT2D eigenvalue weighted by molar-refractivity contribution is -0.132. The Bertz CT molecular complexity index is 450. The average molecular weight is 294 g/mol. The molecule has 21 heavy (non-hydrogen) atoms. The van der Waals surface area contributed by atoms with Gasteiger partial charge in [-0.05, 0) is 50.6 Å². The summed E-state index contributed by atoms with van der Waals surface area (Å²) < 4.78 is 18.2. The first-order valence-corrected chi connectivity index (χ1v) is 7.53. The number of halogens is 1. The molecule has 1 aliphatic heterocycles. The van der Waals surface area contributed by atoms with Gasteiger partial charge in [-0.3, -0.25) is 4.79 Å². The Kier molecular flexibility index (Phi) is 5.99. The standard InChI is InChI=1S/C16H23FN2O2/c1-18-12-14-4-2-10-19(14)16(20)5-3-11-21-15-8-6-13(17)7-9-15/h6-9,14,18H,2-5,10-12H2,1H3. The highest BCUT2D eigenvalue weighted by Crippen LogP contribution is 2.18. The van der Waals surface area contributed by atoms with E-state index in [1.165, 1.54) is 12.1 Å². The number of nitrogens with zero attached hydrogens (tertiary/aromatic N) is 1. The number of likely N-dealkylation sites (tertiary alicyclic amines) is 1. The summed E-state index contributed by atoms with van der Waals surface area (Å²) in [7, 11) is 1.91. The van der Waals surface area contributed by atoms with Crippen LogP contribution in [0.2, 0.25) is 0 Å². The van der Waals surface area contributed by atoms with Crippen molar-refractivity contribution in [2.24, 2.45) is 0 Å². The van der Waals surface area contributed by atoms with Gasteiger partial charge in [0.15, 0.2) is 0 Å². The van der Waals surface area contributed by atoms with E-state index < -0.39 is 0 Å². The molecule has 0 saturated carbocycles. The van der Waals surface area contributed by atoms with Crippen molar-refractivity contribution in [2.75, 3.05) is 26.7 Å². The zero-order valence-corrected chi connectivity index (χ0v) is 12.5.